The Bertz CT molecular complexity index is 1030. The molecule has 0 bridgehead atoms. The molecule has 1 heterocycles. The average molecular weight is 357 g/mol. The number of benzene rings is 2. The summed E-state index contributed by atoms with van der Waals surface area (Å²) in [6.07, 6.45) is 1.64. The second-order valence-electron chi connectivity index (χ2n) is 6.70. The van der Waals surface area contributed by atoms with Crippen LogP contribution in [0.5, 0.6) is 5.75 Å². The van der Waals surface area contributed by atoms with E-state index in [1.165, 1.54) is 6.92 Å². The Morgan fingerprint density at radius 1 is 1.24 bits per heavy atom. The normalized spacial score (nSPS) is 12.9. The van der Waals surface area contributed by atoms with E-state index < -0.39 is 16.8 Å². The fourth-order valence-corrected chi connectivity index (χ4v) is 4.70. The van der Waals surface area contributed by atoms with Crippen LogP contribution < -0.4 is 4.74 Å². The third-order valence-corrected chi connectivity index (χ3v) is 5.62. The maximum atomic E-state index is 12.7. The highest BCUT2D eigenvalue weighted by atomic mass is 32.2. The van der Waals surface area contributed by atoms with Gasteiger partial charge in [0, 0.05) is 42.1 Å². The maximum absolute atomic E-state index is 12.7. The molecule has 0 fully saturated rings. The van der Waals surface area contributed by atoms with E-state index in [0.29, 0.717) is 10.6 Å². The first-order valence-electron chi connectivity index (χ1n) is 8.31. The highest BCUT2D eigenvalue weighted by Crippen LogP contribution is 2.44. The molecule has 2 aromatic carbocycles. The fourth-order valence-electron chi connectivity index (χ4n) is 3.78. The zero-order chi connectivity index (χ0) is 18.5. The number of rotatable bonds is 3. The van der Waals surface area contributed by atoms with Crippen LogP contribution in [0.1, 0.15) is 37.8 Å². The first-order valence-corrected chi connectivity index (χ1v) is 9.86. The Morgan fingerprint density at radius 2 is 1.88 bits per heavy atom. The molecule has 3 rings (SSSR count). The van der Waals surface area contributed by atoms with Crippen LogP contribution in [-0.2, 0) is 22.6 Å². The van der Waals surface area contributed by atoms with E-state index >= 15 is 0 Å². The second kappa shape index (κ2) is 6.30. The van der Waals surface area contributed by atoms with Crippen LogP contribution >= 0.6 is 0 Å². The Hall–Kier alpha value is -2.14. The van der Waals surface area contributed by atoms with Gasteiger partial charge in [-0.1, -0.05) is 32.0 Å². The lowest BCUT2D eigenvalue weighted by Crippen LogP contribution is -2.11. The van der Waals surface area contributed by atoms with Crippen molar-refractivity contribution in [2.75, 3.05) is 6.26 Å². The van der Waals surface area contributed by atoms with E-state index in [9.17, 15) is 9.00 Å². The van der Waals surface area contributed by atoms with Gasteiger partial charge in [0.15, 0.2) is 5.75 Å². The molecule has 0 amide bonds. The zero-order valence-electron chi connectivity index (χ0n) is 15.5. The zero-order valence-corrected chi connectivity index (χ0v) is 16.3. The number of hydrogen-bond donors (Lipinski definition) is 0. The van der Waals surface area contributed by atoms with E-state index in [4.69, 9.17) is 4.74 Å². The minimum Gasteiger partial charge on any atom is -0.425 e. The van der Waals surface area contributed by atoms with Crippen molar-refractivity contribution in [2.24, 2.45) is 7.05 Å². The van der Waals surface area contributed by atoms with Crippen LogP contribution in [0.15, 0.2) is 29.2 Å². The van der Waals surface area contributed by atoms with Gasteiger partial charge in [0.05, 0.1) is 16.3 Å². The molecular formula is C20H23NO3S. The third-order valence-electron chi connectivity index (χ3n) is 4.66. The molecule has 0 aliphatic rings. The molecule has 0 saturated carbocycles. The lowest BCUT2D eigenvalue weighted by atomic mass is 9.93. The number of carbonyl (C=O) groups is 1. The van der Waals surface area contributed by atoms with Crippen LogP contribution in [0, 0.1) is 6.92 Å². The van der Waals surface area contributed by atoms with E-state index in [2.05, 4.69) is 32.9 Å². The molecule has 132 valence electrons. The van der Waals surface area contributed by atoms with Crippen molar-refractivity contribution in [3.63, 3.8) is 0 Å². The van der Waals surface area contributed by atoms with Crippen molar-refractivity contribution < 1.29 is 13.7 Å². The summed E-state index contributed by atoms with van der Waals surface area (Å²) in [6.45, 7) is 7.57. The van der Waals surface area contributed by atoms with Crippen LogP contribution in [0.4, 0.5) is 0 Å². The summed E-state index contributed by atoms with van der Waals surface area (Å²) in [5.74, 6) is 0.199. The summed E-state index contributed by atoms with van der Waals surface area (Å²) >= 11 is 0. The Kier molecular flexibility index (Phi) is 4.45. The Morgan fingerprint density at radius 3 is 2.44 bits per heavy atom. The minimum absolute atomic E-state index is 0.139. The molecule has 0 spiro atoms. The molecule has 0 saturated heterocycles. The van der Waals surface area contributed by atoms with Crippen molar-refractivity contribution in [3.05, 3.63) is 35.4 Å². The van der Waals surface area contributed by atoms with Gasteiger partial charge in [-0.25, -0.2) is 0 Å². The lowest BCUT2D eigenvalue weighted by Gasteiger charge is -2.20. The monoisotopic (exact) mass is 357 g/mol. The van der Waals surface area contributed by atoms with E-state index in [1.54, 1.807) is 6.26 Å². The van der Waals surface area contributed by atoms with E-state index in [0.717, 1.165) is 32.9 Å². The highest BCUT2D eigenvalue weighted by molar-refractivity contribution is 7.84. The van der Waals surface area contributed by atoms with Crippen LogP contribution in [0.3, 0.4) is 0 Å². The Balaban J connectivity index is 2.66. The molecule has 0 aliphatic heterocycles. The predicted molar refractivity (Wildman–Crippen MR) is 103 cm³/mol. The van der Waals surface area contributed by atoms with Crippen molar-refractivity contribution in [2.45, 2.75) is 38.5 Å². The van der Waals surface area contributed by atoms with Gasteiger partial charge in [-0.2, -0.15) is 0 Å². The molecule has 25 heavy (non-hydrogen) atoms. The van der Waals surface area contributed by atoms with Gasteiger partial charge in [0.25, 0.3) is 0 Å². The first-order chi connectivity index (χ1) is 11.8. The van der Waals surface area contributed by atoms with Gasteiger partial charge >= 0.3 is 5.97 Å². The van der Waals surface area contributed by atoms with Gasteiger partial charge in [-0.05, 0) is 24.5 Å². The topological polar surface area (TPSA) is 48.3 Å². The summed E-state index contributed by atoms with van der Waals surface area (Å²) in [5.41, 5.74) is 3.97. The van der Waals surface area contributed by atoms with Gasteiger partial charge < -0.3 is 9.30 Å². The molecule has 1 unspecified atom stereocenters. The maximum Gasteiger partial charge on any atom is 0.308 e. The van der Waals surface area contributed by atoms with Gasteiger partial charge in [0.1, 0.15) is 4.90 Å². The molecule has 0 aliphatic carbocycles. The fraction of sp³-hybridized carbons (Fsp3) is 0.350. The molecule has 5 heteroatoms. The van der Waals surface area contributed by atoms with E-state index in [1.807, 2.05) is 23.7 Å². The molecule has 1 atom stereocenters. The molecular weight excluding hydrogens is 334 g/mol. The minimum atomic E-state index is -1.30. The number of ether oxygens (including phenoxy) is 1. The van der Waals surface area contributed by atoms with Crippen molar-refractivity contribution in [3.8, 4) is 5.75 Å². The second-order valence-corrected chi connectivity index (χ2v) is 8.02. The number of fused-ring (bicyclic) bond motifs is 3. The van der Waals surface area contributed by atoms with Crippen molar-refractivity contribution in [1.82, 2.24) is 4.57 Å². The van der Waals surface area contributed by atoms with Crippen LogP contribution in [0.2, 0.25) is 0 Å². The summed E-state index contributed by atoms with van der Waals surface area (Å²) in [4.78, 5) is 12.3. The quantitative estimate of drug-likeness (QED) is 0.515. The number of esters is 1. The van der Waals surface area contributed by atoms with Crippen molar-refractivity contribution >= 4 is 38.6 Å². The molecule has 4 nitrogen and oxygen atoms in total. The number of hydrogen-bond acceptors (Lipinski definition) is 3. The first kappa shape index (κ1) is 17.7. The summed E-state index contributed by atoms with van der Waals surface area (Å²) < 4.78 is 20.3. The van der Waals surface area contributed by atoms with Crippen LogP contribution in [0.25, 0.3) is 21.8 Å². The van der Waals surface area contributed by atoms with Gasteiger partial charge in [0.2, 0.25) is 0 Å². The smallest absolute Gasteiger partial charge is 0.308 e. The average Bonchev–Trinajstić information content (AvgIpc) is 2.80. The molecule has 3 aromatic rings. The number of nitrogens with zero attached hydrogens (tertiary/aromatic N) is 1. The molecule has 1 aromatic heterocycles. The third kappa shape index (κ3) is 2.67. The Labute approximate surface area is 150 Å². The highest BCUT2D eigenvalue weighted by Gasteiger charge is 2.27. The standard InChI is InChI=1S/C20H23NO3S/c1-11(2)16-12(3)17-14-9-7-8-10-15(14)21(5)18(17)20(25(6)23)19(16)24-13(4)22/h7-11H,1-6H3. The lowest BCUT2D eigenvalue weighted by molar-refractivity contribution is -0.132. The molecule has 0 N–H and O–H groups in total. The summed E-state index contributed by atoms with van der Waals surface area (Å²) in [5, 5.41) is 2.21. The predicted octanol–water partition coefficient (Wildman–Crippen LogP) is 4.43. The number of para-hydroxylation sites is 1. The van der Waals surface area contributed by atoms with Crippen molar-refractivity contribution in [1.29, 1.82) is 0 Å². The summed E-state index contributed by atoms with van der Waals surface area (Å²) in [6, 6.07) is 8.15. The van der Waals surface area contributed by atoms with Gasteiger partial charge in [-0.3, -0.25) is 9.00 Å². The number of aryl methyl sites for hydroxylation is 2. The number of carbonyl (C=O) groups excluding carboxylic acids is 1. The SMILES string of the molecule is CC(=O)Oc1c(C(C)C)c(C)c2c3ccccc3n(C)c2c1S(C)=O. The number of aromatic nitrogens is 1. The van der Waals surface area contributed by atoms with Gasteiger partial charge in [-0.15, -0.1) is 0 Å². The summed E-state index contributed by atoms with van der Waals surface area (Å²) in [7, 11) is 0.664. The molecule has 0 radical (unpaired) electrons. The van der Waals surface area contributed by atoms with Crippen LogP contribution in [-0.4, -0.2) is 21.0 Å². The largest absolute Gasteiger partial charge is 0.425 e. The van der Waals surface area contributed by atoms with E-state index in [-0.39, 0.29) is 5.92 Å².